The molecule has 0 spiro atoms. The number of allylic oxidation sites excluding steroid dienone is 2. The molecule has 0 saturated heterocycles. The monoisotopic (exact) mass is 573 g/mol. The number of para-hydroxylation sites is 2. The highest BCUT2D eigenvalue weighted by molar-refractivity contribution is 6.09. The molecule has 0 fully saturated rings. The van der Waals surface area contributed by atoms with Gasteiger partial charge in [0, 0.05) is 47.0 Å². The molecule has 0 amide bonds. The second kappa shape index (κ2) is 18.5. The molecule has 3 aromatic carbocycles. The molecule has 2 aromatic heterocycles. The minimum absolute atomic E-state index is 0.625. The lowest BCUT2D eigenvalue weighted by Gasteiger charge is -2.26. The van der Waals surface area contributed by atoms with E-state index in [1.807, 2.05) is 44.2 Å². The van der Waals surface area contributed by atoms with Gasteiger partial charge in [0.15, 0.2) is 5.84 Å². The van der Waals surface area contributed by atoms with Gasteiger partial charge < -0.3 is 15.3 Å². The summed E-state index contributed by atoms with van der Waals surface area (Å²) in [6.07, 6.45) is 8.06. The Morgan fingerprint density at radius 2 is 1.47 bits per heavy atom. The van der Waals surface area contributed by atoms with Crippen LogP contribution < -0.4 is 10.7 Å². The van der Waals surface area contributed by atoms with Crippen molar-refractivity contribution in [2.75, 3.05) is 4.90 Å². The van der Waals surface area contributed by atoms with Crippen molar-refractivity contribution in [2.45, 2.75) is 54.5 Å². The number of fused-ring (bicyclic) bond motifs is 1. The van der Waals surface area contributed by atoms with Gasteiger partial charge in [-0.3, -0.25) is 4.98 Å². The van der Waals surface area contributed by atoms with Crippen LogP contribution >= 0.6 is 0 Å². The van der Waals surface area contributed by atoms with E-state index in [0.29, 0.717) is 12.4 Å². The molecular weight excluding hydrogens is 526 g/mol. The first kappa shape index (κ1) is 34.3. The second-order valence-corrected chi connectivity index (χ2v) is 9.52. The number of amidine groups is 1. The number of aryl methyl sites for hydroxylation is 1. The van der Waals surface area contributed by atoms with Crippen molar-refractivity contribution < 1.29 is 0 Å². The average Bonchev–Trinajstić information content (AvgIpc) is 3.32. The molecule has 43 heavy (non-hydrogen) atoms. The molecule has 5 nitrogen and oxygen atoms in total. The summed E-state index contributed by atoms with van der Waals surface area (Å²) in [5.41, 5.74) is 7.99. The van der Waals surface area contributed by atoms with Crippen LogP contribution in [0.5, 0.6) is 0 Å². The lowest BCUT2D eigenvalue weighted by Crippen LogP contribution is -2.32. The Balaban J connectivity index is 0.000000641. The first-order valence-electron chi connectivity index (χ1n) is 14.9. The number of hydrazone groups is 1. The van der Waals surface area contributed by atoms with E-state index < -0.39 is 0 Å². The van der Waals surface area contributed by atoms with E-state index in [-0.39, 0.29) is 0 Å². The molecule has 0 aliphatic carbocycles. The summed E-state index contributed by atoms with van der Waals surface area (Å²) in [6, 6.07) is 31.3. The van der Waals surface area contributed by atoms with Crippen LogP contribution in [0.15, 0.2) is 134 Å². The average molecular weight is 574 g/mol. The topological polar surface area (TPSA) is 59.4 Å². The predicted molar refractivity (Wildman–Crippen MR) is 188 cm³/mol. The van der Waals surface area contributed by atoms with E-state index in [0.717, 1.165) is 22.5 Å². The molecule has 2 heterocycles. The van der Waals surface area contributed by atoms with Crippen molar-refractivity contribution in [2.24, 2.45) is 10.9 Å². The van der Waals surface area contributed by atoms with Gasteiger partial charge in [-0.1, -0.05) is 108 Å². The molecule has 5 rings (SSSR count). The molecule has 0 radical (unpaired) electrons. The highest BCUT2D eigenvalue weighted by Gasteiger charge is 2.17. The number of hydrogen-bond acceptors (Lipinski definition) is 3. The van der Waals surface area contributed by atoms with Crippen molar-refractivity contribution in [3.63, 3.8) is 0 Å². The maximum absolute atomic E-state index is 5.88. The van der Waals surface area contributed by atoms with Gasteiger partial charge in [-0.2, -0.15) is 5.10 Å². The molecule has 0 saturated carbocycles. The lowest BCUT2D eigenvalue weighted by molar-refractivity contribution is 0.982. The Morgan fingerprint density at radius 1 is 0.860 bits per heavy atom. The number of hydrogen-bond donors (Lipinski definition) is 1. The fourth-order valence-electron chi connectivity index (χ4n) is 4.49. The van der Waals surface area contributed by atoms with E-state index >= 15 is 0 Å². The summed E-state index contributed by atoms with van der Waals surface area (Å²) in [5.74, 6) is 6.56. The van der Waals surface area contributed by atoms with Crippen molar-refractivity contribution in [3.8, 4) is 5.69 Å². The van der Waals surface area contributed by atoms with Crippen molar-refractivity contribution in [1.82, 2.24) is 9.55 Å². The third-order valence-corrected chi connectivity index (χ3v) is 6.49. The highest BCUT2D eigenvalue weighted by Crippen LogP contribution is 2.29. The van der Waals surface area contributed by atoms with Gasteiger partial charge in [0.2, 0.25) is 0 Å². The fourth-order valence-corrected chi connectivity index (χ4v) is 4.49. The highest BCUT2D eigenvalue weighted by atomic mass is 15.3. The fraction of sp³-hybridized carbons (Fsp3) is 0.211. The molecule has 0 aliphatic rings. The summed E-state index contributed by atoms with van der Waals surface area (Å²) < 4.78 is 2.33. The van der Waals surface area contributed by atoms with Gasteiger partial charge in [0.25, 0.3) is 0 Å². The lowest BCUT2D eigenvalue weighted by atomic mass is 10.1. The molecule has 224 valence electrons. The van der Waals surface area contributed by atoms with E-state index in [9.17, 15) is 0 Å². The van der Waals surface area contributed by atoms with E-state index in [2.05, 4.69) is 121 Å². The van der Waals surface area contributed by atoms with Gasteiger partial charge in [0.1, 0.15) is 0 Å². The summed E-state index contributed by atoms with van der Waals surface area (Å²) in [5, 5.41) is 5.43. The second-order valence-electron chi connectivity index (χ2n) is 9.52. The van der Waals surface area contributed by atoms with Crippen molar-refractivity contribution in [3.05, 3.63) is 151 Å². The van der Waals surface area contributed by atoms with Gasteiger partial charge in [-0.25, -0.2) is 0 Å². The van der Waals surface area contributed by atoms with E-state index in [1.165, 1.54) is 28.6 Å². The molecule has 5 aromatic rings. The number of nitrogens with two attached hydrogens (primary N) is 1. The van der Waals surface area contributed by atoms with Crippen LogP contribution in [0.3, 0.4) is 0 Å². The first-order chi connectivity index (χ1) is 21.0. The van der Waals surface area contributed by atoms with Gasteiger partial charge in [0.05, 0.1) is 5.52 Å². The molecule has 0 unspecified atom stereocenters. The summed E-state index contributed by atoms with van der Waals surface area (Å²) in [6.45, 7) is 20.0. The normalized spacial score (nSPS) is 10.2. The Labute approximate surface area is 258 Å². The van der Waals surface area contributed by atoms with Gasteiger partial charge >= 0.3 is 0 Å². The quantitative estimate of drug-likeness (QED) is 0.0723. The van der Waals surface area contributed by atoms with Crippen LogP contribution in [0.25, 0.3) is 16.6 Å². The molecule has 0 aliphatic heterocycles. The molecule has 5 heteroatoms. The Kier molecular flexibility index (Phi) is 14.8. The van der Waals surface area contributed by atoms with Crippen molar-refractivity contribution >= 4 is 22.4 Å². The van der Waals surface area contributed by atoms with Crippen LogP contribution in [-0.2, 0) is 6.54 Å². The maximum Gasteiger partial charge on any atom is 0.161 e. The minimum Gasteiger partial charge on any atom is -0.321 e. The van der Waals surface area contributed by atoms with Crippen LogP contribution in [-0.4, -0.2) is 15.4 Å². The van der Waals surface area contributed by atoms with E-state index in [4.69, 9.17) is 5.84 Å². The molecule has 0 atom stereocenters. The van der Waals surface area contributed by atoms with Gasteiger partial charge in [-0.15, -0.1) is 0 Å². The smallest absolute Gasteiger partial charge is 0.161 e. The number of rotatable bonds is 6. The standard InChI is InChI=1S/C29H27N5.C4H6.C3H8.C2H6/c1-21-22(2)34(28-13-7-6-12-27(21)28)26-16-14-23(15-17-26)20-33(25-10-4-3-5-11-25)29(32-30)24-9-8-18-31-19-24;1-3-4-2;1-3-2;1-2/h3-19H,20,30H2,1-2H3;3-4H,1-2H2;3H2,1-2H3;1-2H3/b32-29-;;;. The number of aromatic nitrogens is 2. The summed E-state index contributed by atoms with van der Waals surface area (Å²) >= 11 is 0. The van der Waals surface area contributed by atoms with Crippen LogP contribution in [0, 0.1) is 13.8 Å². The minimum atomic E-state index is 0.625. The summed E-state index contributed by atoms with van der Waals surface area (Å²) in [4.78, 5) is 6.37. The predicted octanol–water partition coefficient (Wildman–Crippen LogP) is 9.77. The Hall–Kier alpha value is -4.90. The summed E-state index contributed by atoms with van der Waals surface area (Å²) in [7, 11) is 0. The van der Waals surface area contributed by atoms with Crippen LogP contribution in [0.4, 0.5) is 5.69 Å². The number of pyridine rings is 1. The Morgan fingerprint density at radius 3 is 2.02 bits per heavy atom. The van der Waals surface area contributed by atoms with Crippen LogP contribution in [0.2, 0.25) is 0 Å². The zero-order chi connectivity index (χ0) is 31.6. The zero-order valence-electron chi connectivity index (χ0n) is 26.7. The van der Waals surface area contributed by atoms with E-state index in [1.54, 1.807) is 24.5 Å². The van der Waals surface area contributed by atoms with Gasteiger partial charge in [-0.05, 0) is 67.4 Å². The number of benzene rings is 3. The molecule has 0 bridgehead atoms. The SMILES string of the molecule is C=CC=C.CC.CCC.Cc1c(C)n(-c2ccc(CN(/C(=N\N)c3cccnc3)c3ccccc3)cc2)c2ccccc12. The largest absolute Gasteiger partial charge is 0.321 e. The van der Waals surface area contributed by atoms with Crippen molar-refractivity contribution in [1.29, 1.82) is 0 Å². The third kappa shape index (κ3) is 9.04. The maximum atomic E-state index is 5.88. The van der Waals surface area contributed by atoms with Crippen LogP contribution in [0.1, 0.15) is 56.5 Å². The Bertz CT molecular complexity index is 1540. The number of nitrogens with zero attached hydrogens (tertiary/aromatic N) is 4. The molecule has 2 N–H and O–H groups in total. The zero-order valence-corrected chi connectivity index (χ0v) is 26.7. The number of anilines is 1. The molecular formula is C38H47N5. The first-order valence-corrected chi connectivity index (χ1v) is 14.9. The third-order valence-electron chi connectivity index (χ3n) is 6.49.